The first-order valence-electron chi connectivity index (χ1n) is 9.76. The van der Waals surface area contributed by atoms with Crippen LogP contribution >= 0.6 is 22.9 Å². The van der Waals surface area contributed by atoms with Gasteiger partial charge in [0.15, 0.2) is 0 Å². The van der Waals surface area contributed by atoms with Crippen molar-refractivity contribution in [1.29, 1.82) is 0 Å². The van der Waals surface area contributed by atoms with Gasteiger partial charge < -0.3 is 5.32 Å². The van der Waals surface area contributed by atoms with Crippen molar-refractivity contribution in [2.24, 2.45) is 0 Å². The largest absolute Gasteiger partial charge is 0.325 e. The van der Waals surface area contributed by atoms with E-state index in [1.165, 1.54) is 10.4 Å². The molecule has 2 N–H and O–H groups in total. The van der Waals surface area contributed by atoms with Crippen molar-refractivity contribution < 1.29 is 18.0 Å². The molecule has 1 saturated heterocycles. The molecule has 1 unspecified atom stereocenters. The molecule has 0 spiro atoms. The van der Waals surface area contributed by atoms with Gasteiger partial charge in [-0.15, -0.1) is 11.3 Å². The van der Waals surface area contributed by atoms with Crippen molar-refractivity contribution in [3.63, 3.8) is 0 Å². The van der Waals surface area contributed by atoms with E-state index in [4.69, 9.17) is 11.6 Å². The highest BCUT2D eigenvalue weighted by Crippen LogP contribution is 2.28. The summed E-state index contributed by atoms with van der Waals surface area (Å²) in [6.07, 6.45) is 0. The molecule has 3 amide bonds. The standard InChI is InChI=1S/C20H25ClN4O4S2/c1-13-4-5-16(14(2)12-13)22-20(27)23-19(26)15(3)24-8-10-25(11-9-24)31(28,29)18-7-6-17(21)30-18/h4-7,12,15H,8-11H2,1-3H3,(H2,22,23,26,27). The van der Waals surface area contributed by atoms with Gasteiger partial charge in [0.25, 0.3) is 10.0 Å². The molecule has 1 fully saturated rings. The van der Waals surface area contributed by atoms with E-state index in [9.17, 15) is 18.0 Å². The summed E-state index contributed by atoms with van der Waals surface area (Å²) >= 11 is 6.89. The van der Waals surface area contributed by atoms with Crippen LogP contribution < -0.4 is 10.6 Å². The second-order valence-corrected chi connectivity index (χ2v) is 11.3. The lowest BCUT2D eigenvalue weighted by atomic mass is 10.1. The number of nitrogens with zero attached hydrogens (tertiary/aromatic N) is 2. The highest BCUT2D eigenvalue weighted by molar-refractivity contribution is 7.91. The molecule has 0 bridgehead atoms. The summed E-state index contributed by atoms with van der Waals surface area (Å²) < 4.78 is 27.4. The van der Waals surface area contributed by atoms with Crippen molar-refractivity contribution in [3.8, 4) is 0 Å². The number of imide groups is 1. The molecule has 0 aliphatic carbocycles. The fraction of sp³-hybridized carbons (Fsp3) is 0.400. The van der Waals surface area contributed by atoms with Crippen LogP contribution in [0.15, 0.2) is 34.5 Å². The van der Waals surface area contributed by atoms with Crippen molar-refractivity contribution in [2.45, 2.75) is 31.0 Å². The lowest BCUT2D eigenvalue weighted by molar-refractivity contribution is -0.125. The molecule has 0 radical (unpaired) electrons. The molecule has 1 aromatic heterocycles. The zero-order valence-corrected chi connectivity index (χ0v) is 19.9. The Balaban J connectivity index is 1.53. The van der Waals surface area contributed by atoms with Gasteiger partial charge in [-0.25, -0.2) is 13.2 Å². The van der Waals surface area contributed by atoms with E-state index < -0.39 is 28.0 Å². The number of nitrogens with one attached hydrogen (secondary N) is 2. The lowest BCUT2D eigenvalue weighted by Crippen LogP contribution is -2.55. The zero-order valence-electron chi connectivity index (χ0n) is 17.5. The van der Waals surface area contributed by atoms with Crippen LogP contribution in [0.3, 0.4) is 0 Å². The smallest absolute Gasteiger partial charge is 0.307 e. The number of hydrogen-bond donors (Lipinski definition) is 2. The average Bonchev–Trinajstić information content (AvgIpc) is 3.17. The van der Waals surface area contributed by atoms with Crippen LogP contribution in [-0.2, 0) is 14.8 Å². The number of rotatable bonds is 5. The molecule has 1 aliphatic rings. The van der Waals surface area contributed by atoms with Gasteiger partial charge in [0.05, 0.1) is 10.4 Å². The Kier molecular flexibility index (Phi) is 7.38. The van der Waals surface area contributed by atoms with E-state index in [-0.39, 0.29) is 17.3 Å². The van der Waals surface area contributed by atoms with Gasteiger partial charge in [0.2, 0.25) is 5.91 Å². The molecule has 11 heteroatoms. The van der Waals surface area contributed by atoms with E-state index in [0.29, 0.717) is 23.1 Å². The summed E-state index contributed by atoms with van der Waals surface area (Å²) in [5, 5.41) is 5.05. The predicted molar refractivity (Wildman–Crippen MR) is 122 cm³/mol. The number of carbonyl (C=O) groups excluding carboxylic acids is 2. The Bertz CT molecular complexity index is 1080. The van der Waals surface area contributed by atoms with Gasteiger partial charge in [-0.3, -0.25) is 15.0 Å². The van der Waals surface area contributed by atoms with Crippen LogP contribution in [-0.4, -0.2) is 61.8 Å². The number of halogens is 1. The minimum atomic E-state index is -3.60. The Morgan fingerprint density at radius 3 is 2.35 bits per heavy atom. The van der Waals surface area contributed by atoms with Crippen LogP contribution in [0.1, 0.15) is 18.1 Å². The normalized spacial score (nSPS) is 16.6. The maximum absolute atomic E-state index is 12.7. The van der Waals surface area contributed by atoms with Gasteiger partial charge >= 0.3 is 6.03 Å². The van der Waals surface area contributed by atoms with Gasteiger partial charge in [-0.05, 0) is 44.5 Å². The number of thiophene rings is 1. The fourth-order valence-corrected chi connectivity index (χ4v) is 6.44. The topological polar surface area (TPSA) is 98.8 Å². The molecule has 168 valence electrons. The number of hydrogen-bond acceptors (Lipinski definition) is 6. The second-order valence-electron chi connectivity index (χ2n) is 7.44. The molecule has 8 nitrogen and oxygen atoms in total. The van der Waals surface area contributed by atoms with Crippen LogP contribution in [0.25, 0.3) is 0 Å². The highest BCUT2D eigenvalue weighted by atomic mass is 35.5. The van der Waals surface area contributed by atoms with Gasteiger partial charge in [-0.2, -0.15) is 4.31 Å². The minimum Gasteiger partial charge on any atom is -0.307 e. The Morgan fingerprint density at radius 2 is 1.77 bits per heavy atom. The molecule has 1 aliphatic heterocycles. The number of benzene rings is 1. The summed E-state index contributed by atoms with van der Waals surface area (Å²) in [6, 6.07) is 7.50. The van der Waals surface area contributed by atoms with Gasteiger partial charge in [0, 0.05) is 31.9 Å². The van der Waals surface area contributed by atoms with Gasteiger partial charge in [-0.1, -0.05) is 29.3 Å². The van der Waals surface area contributed by atoms with Crippen LogP contribution in [0, 0.1) is 13.8 Å². The molecular weight excluding hydrogens is 460 g/mol. The molecule has 1 aromatic carbocycles. The van der Waals surface area contributed by atoms with E-state index in [1.807, 2.05) is 30.9 Å². The number of anilines is 1. The first kappa shape index (κ1) is 23.7. The number of urea groups is 1. The molecule has 3 rings (SSSR count). The maximum Gasteiger partial charge on any atom is 0.325 e. The van der Waals surface area contributed by atoms with Crippen molar-refractivity contribution >= 4 is 50.6 Å². The summed E-state index contributed by atoms with van der Waals surface area (Å²) in [4.78, 5) is 26.6. The average molecular weight is 485 g/mol. The number of amides is 3. The molecule has 2 heterocycles. The van der Waals surface area contributed by atoms with E-state index in [2.05, 4.69) is 10.6 Å². The second kappa shape index (κ2) is 9.66. The third-order valence-corrected chi connectivity index (χ3v) is 8.81. The third-order valence-electron chi connectivity index (χ3n) is 5.21. The van der Waals surface area contributed by atoms with Crippen molar-refractivity contribution in [3.05, 3.63) is 45.8 Å². The first-order chi connectivity index (χ1) is 14.6. The molecular formula is C20H25ClN4O4S2. The van der Waals surface area contributed by atoms with Crippen LogP contribution in [0.5, 0.6) is 0 Å². The van der Waals surface area contributed by atoms with Crippen molar-refractivity contribution in [1.82, 2.24) is 14.5 Å². The number of piperazine rings is 1. The van der Waals surface area contributed by atoms with Gasteiger partial charge in [0.1, 0.15) is 4.21 Å². The number of aryl methyl sites for hydroxylation is 2. The monoisotopic (exact) mass is 484 g/mol. The van der Waals surface area contributed by atoms with E-state index in [1.54, 1.807) is 19.1 Å². The Hall–Kier alpha value is -1.98. The molecule has 1 atom stereocenters. The summed E-state index contributed by atoms with van der Waals surface area (Å²) in [6.45, 7) is 6.81. The summed E-state index contributed by atoms with van der Waals surface area (Å²) in [5.74, 6) is -0.441. The molecule has 31 heavy (non-hydrogen) atoms. The predicted octanol–water partition coefficient (Wildman–Crippen LogP) is 3.06. The zero-order chi connectivity index (χ0) is 22.8. The minimum absolute atomic E-state index is 0.208. The summed E-state index contributed by atoms with van der Waals surface area (Å²) in [5.41, 5.74) is 2.62. The SMILES string of the molecule is Cc1ccc(NC(=O)NC(=O)C(C)N2CCN(S(=O)(=O)c3ccc(Cl)s3)CC2)c(C)c1. The van der Waals surface area contributed by atoms with E-state index >= 15 is 0 Å². The quantitative estimate of drug-likeness (QED) is 0.679. The Labute approximate surface area is 191 Å². The van der Waals surface area contributed by atoms with E-state index in [0.717, 1.165) is 22.5 Å². The number of carbonyl (C=O) groups is 2. The third kappa shape index (κ3) is 5.64. The molecule has 0 saturated carbocycles. The van der Waals surface area contributed by atoms with Crippen molar-refractivity contribution in [2.75, 3.05) is 31.5 Å². The van der Waals surface area contributed by atoms with Crippen LogP contribution in [0.4, 0.5) is 10.5 Å². The maximum atomic E-state index is 12.7. The van der Waals surface area contributed by atoms with Crippen LogP contribution in [0.2, 0.25) is 4.34 Å². The highest BCUT2D eigenvalue weighted by Gasteiger charge is 2.33. The number of sulfonamides is 1. The first-order valence-corrected chi connectivity index (χ1v) is 12.4. The fourth-order valence-electron chi connectivity index (χ4n) is 3.38. The summed E-state index contributed by atoms with van der Waals surface area (Å²) in [7, 11) is -3.60. The molecule has 2 aromatic rings. The lowest BCUT2D eigenvalue weighted by Gasteiger charge is -2.36. The Morgan fingerprint density at radius 1 is 1.10 bits per heavy atom.